The fraction of sp³-hybridized carbons (Fsp3) is 1.00. The Kier molecular flexibility index (Phi) is 5.70. The molecule has 0 amide bonds. The minimum Gasteiger partial charge on any atom is -0.328 e. The molecule has 0 unspecified atom stereocenters. The number of nitrogens with two attached hydrogens (primary N) is 1. The lowest BCUT2D eigenvalue weighted by Crippen LogP contribution is -2.20. The van der Waals surface area contributed by atoms with Crippen LogP contribution in [0.1, 0.15) is 52.4 Å². The van der Waals surface area contributed by atoms with Crippen LogP contribution in [0.5, 0.6) is 0 Å². The molecule has 0 aromatic rings. The van der Waals surface area contributed by atoms with Crippen molar-refractivity contribution in [2.24, 2.45) is 5.73 Å². The predicted octanol–water partition coefficient (Wildman–Crippen LogP) is 2.69. The van der Waals surface area contributed by atoms with E-state index in [0.29, 0.717) is 6.04 Å². The zero-order valence-electron chi connectivity index (χ0n) is 6.10. The van der Waals surface area contributed by atoms with Gasteiger partial charge >= 0.3 is 0 Å². The van der Waals surface area contributed by atoms with Crippen molar-refractivity contribution in [1.29, 1.82) is 0 Å². The van der Waals surface area contributed by atoms with Gasteiger partial charge in [-0.25, -0.2) is 0 Å². The van der Waals surface area contributed by atoms with Gasteiger partial charge in [0.25, 0.3) is 0 Å². The highest BCUT2D eigenvalue weighted by molar-refractivity contribution is 4.64. The first-order valence-electron chi connectivity index (χ1n) is 4.15. The molecule has 1 rings (SSSR count). The van der Waals surface area contributed by atoms with E-state index >= 15 is 0 Å². The van der Waals surface area contributed by atoms with Gasteiger partial charge in [0, 0.05) is 6.04 Å². The Labute approximate surface area is 65.0 Å². The van der Waals surface area contributed by atoms with E-state index in [1.54, 1.807) is 0 Å². The van der Waals surface area contributed by atoms with E-state index in [9.17, 15) is 0 Å². The van der Waals surface area contributed by atoms with Gasteiger partial charge < -0.3 is 5.73 Å². The maximum atomic E-state index is 5.80. The normalized spacial score (nSPS) is 22.5. The first-order valence-corrected chi connectivity index (χ1v) is 4.15. The van der Waals surface area contributed by atoms with Crippen LogP contribution in [-0.2, 0) is 0 Å². The van der Waals surface area contributed by atoms with E-state index in [4.69, 9.17) is 5.73 Å². The van der Waals surface area contributed by atoms with Crippen molar-refractivity contribution in [2.75, 3.05) is 0 Å². The zero-order chi connectivity index (χ0) is 6.53. The molecule has 1 nitrogen and oxygen atoms in total. The van der Waals surface area contributed by atoms with E-state index in [0.717, 1.165) is 0 Å². The van der Waals surface area contributed by atoms with Crippen LogP contribution < -0.4 is 5.73 Å². The summed E-state index contributed by atoms with van der Waals surface area (Å²) in [6.45, 7) is 0. The van der Waals surface area contributed by atoms with Gasteiger partial charge in [-0.15, -0.1) is 0 Å². The lowest BCUT2D eigenvalue weighted by Gasteiger charge is -2.13. The summed E-state index contributed by atoms with van der Waals surface area (Å²) in [6.07, 6.45) is 9.51. The minimum absolute atomic E-state index is 0. The Morgan fingerprint density at radius 2 is 1.20 bits per heavy atom. The Morgan fingerprint density at radius 3 is 1.70 bits per heavy atom. The Bertz CT molecular complexity index is 63.1. The van der Waals surface area contributed by atoms with Crippen LogP contribution in [0.3, 0.4) is 0 Å². The average Bonchev–Trinajstić information content (AvgIpc) is 1.79. The van der Waals surface area contributed by atoms with Gasteiger partial charge in [0.1, 0.15) is 0 Å². The smallest absolute Gasteiger partial charge is 0.00388 e. The van der Waals surface area contributed by atoms with Crippen LogP contribution in [0.2, 0.25) is 0 Å². The highest BCUT2D eigenvalue weighted by Crippen LogP contribution is 2.15. The highest BCUT2D eigenvalue weighted by Gasteiger charge is 2.04. The topological polar surface area (TPSA) is 26.0 Å². The molecule has 2 N–H and O–H groups in total. The summed E-state index contributed by atoms with van der Waals surface area (Å²) in [5, 5.41) is 0. The molecule has 0 aromatic carbocycles. The van der Waals surface area contributed by atoms with Crippen molar-refractivity contribution >= 4 is 0 Å². The molecule has 0 heterocycles. The standard InChI is InChI=1S/C8H17N.CH4/c9-8-6-4-2-1-3-5-7-8;/h8H,1-7,9H2;1H4. The molecule has 1 heteroatoms. The van der Waals surface area contributed by atoms with Crippen molar-refractivity contribution in [2.45, 2.75) is 58.4 Å². The zero-order valence-corrected chi connectivity index (χ0v) is 6.10. The van der Waals surface area contributed by atoms with Crippen LogP contribution >= 0.6 is 0 Å². The monoisotopic (exact) mass is 143 g/mol. The molecule has 0 saturated heterocycles. The minimum atomic E-state index is 0. The van der Waals surface area contributed by atoms with Crippen molar-refractivity contribution in [3.8, 4) is 0 Å². The molecule has 10 heavy (non-hydrogen) atoms. The lowest BCUT2D eigenvalue weighted by molar-refractivity contribution is 0.453. The number of rotatable bonds is 0. The van der Waals surface area contributed by atoms with E-state index in [-0.39, 0.29) is 7.43 Å². The molecular weight excluding hydrogens is 122 g/mol. The number of hydrogen-bond donors (Lipinski definition) is 1. The third kappa shape index (κ3) is 3.89. The number of hydrogen-bond acceptors (Lipinski definition) is 1. The van der Waals surface area contributed by atoms with Crippen LogP contribution in [0.4, 0.5) is 0 Å². The molecule has 0 spiro atoms. The molecule has 0 atom stereocenters. The summed E-state index contributed by atoms with van der Waals surface area (Å²) in [5.74, 6) is 0. The molecule has 0 aliphatic heterocycles. The second-order valence-corrected chi connectivity index (χ2v) is 3.11. The van der Waals surface area contributed by atoms with Crippen molar-refractivity contribution in [1.82, 2.24) is 0 Å². The summed E-state index contributed by atoms with van der Waals surface area (Å²) in [4.78, 5) is 0. The fourth-order valence-electron chi connectivity index (χ4n) is 1.49. The summed E-state index contributed by atoms with van der Waals surface area (Å²) >= 11 is 0. The van der Waals surface area contributed by atoms with Crippen molar-refractivity contribution < 1.29 is 0 Å². The predicted molar refractivity (Wildman–Crippen MR) is 47.0 cm³/mol. The molecule has 1 aliphatic rings. The fourth-order valence-corrected chi connectivity index (χ4v) is 1.49. The molecule has 1 saturated carbocycles. The Hall–Kier alpha value is -0.0400. The van der Waals surface area contributed by atoms with Gasteiger partial charge in [-0.3, -0.25) is 0 Å². The SMILES string of the molecule is C.NC1CCCCCCC1. The van der Waals surface area contributed by atoms with Crippen LogP contribution in [0.25, 0.3) is 0 Å². The first kappa shape index (κ1) is 9.96. The first-order chi connectivity index (χ1) is 4.39. The summed E-state index contributed by atoms with van der Waals surface area (Å²) < 4.78 is 0. The maximum Gasteiger partial charge on any atom is 0.00388 e. The summed E-state index contributed by atoms with van der Waals surface area (Å²) in [7, 11) is 0. The van der Waals surface area contributed by atoms with Gasteiger partial charge in [0.05, 0.1) is 0 Å². The van der Waals surface area contributed by atoms with E-state index in [1.165, 1.54) is 44.9 Å². The third-order valence-corrected chi connectivity index (χ3v) is 2.15. The maximum absolute atomic E-state index is 5.80. The van der Waals surface area contributed by atoms with Crippen LogP contribution in [0.15, 0.2) is 0 Å². The van der Waals surface area contributed by atoms with Gasteiger partial charge in [-0.2, -0.15) is 0 Å². The average molecular weight is 143 g/mol. The van der Waals surface area contributed by atoms with Crippen LogP contribution in [0, 0.1) is 0 Å². The van der Waals surface area contributed by atoms with Crippen molar-refractivity contribution in [3.05, 3.63) is 0 Å². The molecule has 1 aliphatic carbocycles. The van der Waals surface area contributed by atoms with Crippen LogP contribution in [-0.4, -0.2) is 6.04 Å². The molecule has 0 bridgehead atoms. The van der Waals surface area contributed by atoms with Gasteiger partial charge in [0.15, 0.2) is 0 Å². The van der Waals surface area contributed by atoms with E-state index in [1.807, 2.05) is 0 Å². The van der Waals surface area contributed by atoms with Crippen molar-refractivity contribution in [3.63, 3.8) is 0 Å². The summed E-state index contributed by atoms with van der Waals surface area (Å²) in [5.41, 5.74) is 5.80. The van der Waals surface area contributed by atoms with Gasteiger partial charge in [-0.05, 0) is 12.8 Å². The highest BCUT2D eigenvalue weighted by atomic mass is 14.6. The molecule has 0 radical (unpaired) electrons. The second kappa shape index (κ2) is 5.72. The molecule has 1 fully saturated rings. The lowest BCUT2D eigenvalue weighted by atomic mass is 9.98. The van der Waals surface area contributed by atoms with E-state index in [2.05, 4.69) is 0 Å². The molecular formula is C9H21N. The summed E-state index contributed by atoms with van der Waals surface area (Å²) in [6, 6.07) is 0.519. The molecule has 0 aromatic heterocycles. The molecule has 62 valence electrons. The second-order valence-electron chi connectivity index (χ2n) is 3.11. The van der Waals surface area contributed by atoms with E-state index < -0.39 is 0 Å². The Morgan fingerprint density at radius 1 is 0.800 bits per heavy atom. The quantitative estimate of drug-likeness (QED) is 0.554. The largest absolute Gasteiger partial charge is 0.328 e. The third-order valence-electron chi connectivity index (χ3n) is 2.15. The Balaban J connectivity index is 0.000000810. The van der Waals surface area contributed by atoms with Gasteiger partial charge in [-0.1, -0.05) is 39.5 Å². The van der Waals surface area contributed by atoms with Gasteiger partial charge in [0.2, 0.25) is 0 Å².